The van der Waals surface area contributed by atoms with Gasteiger partial charge in [-0.2, -0.15) is 0 Å². The van der Waals surface area contributed by atoms with E-state index in [-0.39, 0.29) is 23.8 Å². The Morgan fingerprint density at radius 1 is 1.04 bits per heavy atom. The highest BCUT2D eigenvalue weighted by atomic mass is 32.2. The Labute approximate surface area is 162 Å². The number of aromatic nitrogens is 3. The van der Waals surface area contributed by atoms with Crippen LogP contribution in [-0.4, -0.2) is 68.5 Å². The fourth-order valence-corrected chi connectivity index (χ4v) is 4.16. The van der Waals surface area contributed by atoms with Gasteiger partial charge in [0.15, 0.2) is 5.16 Å². The molecule has 27 heavy (non-hydrogen) atoms. The topological polar surface area (TPSA) is 79.3 Å². The first-order valence-corrected chi connectivity index (χ1v) is 10.3. The largest absolute Gasteiger partial charge is 0.335 e. The van der Waals surface area contributed by atoms with E-state index in [0.717, 1.165) is 12.8 Å². The summed E-state index contributed by atoms with van der Waals surface area (Å²) in [4.78, 5) is 42.2. The number of piperidine rings is 1. The molecule has 0 radical (unpaired) electrons. The second-order valence-electron chi connectivity index (χ2n) is 6.94. The molecule has 3 saturated heterocycles. The van der Waals surface area contributed by atoms with Crippen LogP contribution >= 0.6 is 11.8 Å². The Bertz CT molecular complexity index is 830. The number of hydrogen-bond acceptors (Lipinski definition) is 6. The maximum atomic E-state index is 13.0. The van der Waals surface area contributed by atoms with E-state index >= 15 is 0 Å². The van der Waals surface area contributed by atoms with Gasteiger partial charge in [-0.1, -0.05) is 17.8 Å². The minimum atomic E-state index is -0.0607. The minimum absolute atomic E-state index is 0.0177. The summed E-state index contributed by atoms with van der Waals surface area (Å²) >= 11 is 1.44. The molecule has 0 spiro atoms. The van der Waals surface area contributed by atoms with Gasteiger partial charge in [-0.25, -0.2) is 9.97 Å². The predicted molar refractivity (Wildman–Crippen MR) is 102 cm³/mol. The standard InChI is InChI=1S/C19H21N5O2S/c1-27-19-21-8-14(9-22-19)17(25)24-11-13-5-6-15(24)12-23(10-13)18(26)16-4-2-3-7-20-16/h2-4,7-9,13,15H,5-6,10-12H2,1H3/t13-,15+/m0/s1. The van der Waals surface area contributed by atoms with Gasteiger partial charge in [0.2, 0.25) is 0 Å². The Hall–Kier alpha value is -2.48. The third-order valence-electron chi connectivity index (χ3n) is 5.20. The van der Waals surface area contributed by atoms with E-state index in [4.69, 9.17) is 0 Å². The fourth-order valence-electron chi connectivity index (χ4n) is 3.85. The smallest absolute Gasteiger partial charge is 0.272 e. The molecule has 0 aliphatic carbocycles. The molecule has 8 heteroatoms. The maximum absolute atomic E-state index is 13.0. The second kappa shape index (κ2) is 7.64. The molecule has 7 nitrogen and oxygen atoms in total. The van der Waals surface area contributed by atoms with Gasteiger partial charge in [-0.05, 0) is 37.1 Å². The molecule has 2 atom stereocenters. The van der Waals surface area contributed by atoms with Crippen molar-refractivity contribution in [3.63, 3.8) is 0 Å². The quantitative estimate of drug-likeness (QED) is 0.596. The number of thioether (sulfide) groups is 1. The van der Waals surface area contributed by atoms with Crippen LogP contribution in [0, 0.1) is 5.92 Å². The first-order valence-electron chi connectivity index (χ1n) is 9.03. The summed E-state index contributed by atoms with van der Waals surface area (Å²) in [5.74, 6) is 0.172. The van der Waals surface area contributed by atoms with Crippen LogP contribution in [0.4, 0.5) is 0 Å². The van der Waals surface area contributed by atoms with Crippen molar-refractivity contribution in [1.29, 1.82) is 0 Å². The molecule has 0 aromatic carbocycles. The maximum Gasteiger partial charge on any atom is 0.272 e. The summed E-state index contributed by atoms with van der Waals surface area (Å²) in [5, 5.41) is 0.649. The Balaban J connectivity index is 1.52. The summed E-state index contributed by atoms with van der Waals surface area (Å²) in [6.45, 7) is 1.87. The van der Waals surface area contributed by atoms with Crippen LogP contribution in [-0.2, 0) is 0 Å². The van der Waals surface area contributed by atoms with Gasteiger partial charge < -0.3 is 9.80 Å². The Morgan fingerprint density at radius 3 is 2.56 bits per heavy atom. The molecule has 2 bridgehead atoms. The zero-order chi connectivity index (χ0) is 18.8. The molecule has 3 fully saturated rings. The number of nitrogens with zero attached hydrogens (tertiary/aromatic N) is 5. The van der Waals surface area contributed by atoms with Crippen LogP contribution in [0.15, 0.2) is 41.9 Å². The van der Waals surface area contributed by atoms with E-state index < -0.39 is 0 Å². The van der Waals surface area contributed by atoms with Crippen molar-refractivity contribution < 1.29 is 9.59 Å². The SMILES string of the molecule is CSc1ncc(C(=O)N2C[C@H]3CC[C@@H]2CN(C(=O)c2ccccn2)C3)cn1. The number of pyridine rings is 1. The van der Waals surface area contributed by atoms with Crippen molar-refractivity contribution >= 4 is 23.6 Å². The molecule has 2 aromatic rings. The number of amides is 2. The normalized spacial score (nSPS) is 21.8. The average Bonchev–Trinajstić information content (AvgIpc) is 3.05. The molecule has 2 amide bonds. The highest BCUT2D eigenvalue weighted by molar-refractivity contribution is 7.98. The average molecular weight is 383 g/mol. The fraction of sp³-hybridized carbons (Fsp3) is 0.421. The Kier molecular flexibility index (Phi) is 5.07. The summed E-state index contributed by atoms with van der Waals surface area (Å²) in [6.07, 6.45) is 8.66. The lowest BCUT2D eigenvalue weighted by atomic mass is 9.94. The number of carbonyl (C=O) groups is 2. The molecule has 5 rings (SSSR count). The third kappa shape index (κ3) is 3.66. The summed E-state index contributed by atoms with van der Waals surface area (Å²) in [6, 6.07) is 5.38. The zero-order valence-electron chi connectivity index (χ0n) is 15.1. The van der Waals surface area contributed by atoms with Crippen molar-refractivity contribution in [2.24, 2.45) is 5.92 Å². The van der Waals surface area contributed by atoms with E-state index in [1.807, 2.05) is 22.1 Å². The van der Waals surface area contributed by atoms with E-state index in [1.54, 1.807) is 30.7 Å². The van der Waals surface area contributed by atoms with E-state index in [1.165, 1.54) is 11.8 Å². The summed E-state index contributed by atoms with van der Waals surface area (Å²) in [7, 11) is 0. The van der Waals surface area contributed by atoms with Crippen LogP contribution in [0.5, 0.6) is 0 Å². The van der Waals surface area contributed by atoms with Gasteiger partial charge in [0.1, 0.15) is 5.69 Å². The number of rotatable bonds is 3. The van der Waals surface area contributed by atoms with Crippen LogP contribution in [0.1, 0.15) is 33.7 Å². The van der Waals surface area contributed by atoms with Gasteiger partial charge in [-0.3, -0.25) is 14.6 Å². The van der Waals surface area contributed by atoms with Crippen molar-refractivity contribution in [3.05, 3.63) is 48.0 Å². The predicted octanol–water partition coefficient (Wildman–Crippen LogP) is 1.97. The monoisotopic (exact) mass is 383 g/mol. The van der Waals surface area contributed by atoms with Crippen molar-refractivity contribution in [2.45, 2.75) is 24.0 Å². The summed E-state index contributed by atoms with van der Waals surface area (Å²) in [5.41, 5.74) is 0.959. The van der Waals surface area contributed by atoms with Gasteiger partial charge in [0.25, 0.3) is 11.8 Å². The van der Waals surface area contributed by atoms with Crippen LogP contribution in [0.25, 0.3) is 0 Å². The minimum Gasteiger partial charge on any atom is -0.335 e. The molecular weight excluding hydrogens is 362 g/mol. The number of hydrogen-bond donors (Lipinski definition) is 0. The van der Waals surface area contributed by atoms with Crippen molar-refractivity contribution in [2.75, 3.05) is 25.9 Å². The molecule has 0 saturated carbocycles. The van der Waals surface area contributed by atoms with Crippen LogP contribution in [0.2, 0.25) is 0 Å². The number of carbonyl (C=O) groups excluding carboxylic acids is 2. The molecule has 3 aliphatic heterocycles. The van der Waals surface area contributed by atoms with Gasteiger partial charge >= 0.3 is 0 Å². The van der Waals surface area contributed by atoms with Crippen LogP contribution < -0.4 is 0 Å². The van der Waals surface area contributed by atoms with Gasteiger partial charge in [-0.15, -0.1) is 0 Å². The zero-order valence-corrected chi connectivity index (χ0v) is 15.9. The molecule has 3 aliphatic rings. The molecule has 140 valence electrons. The van der Waals surface area contributed by atoms with Crippen LogP contribution in [0.3, 0.4) is 0 Å². The lowest BCUT2D eigenvalue weighted by Crippen LogP contribution is -2.47. The lowest BCUT2D eigenvalue weighted by molar-refractivity contribution is 0.0573. The summed E-state index contributed by atoms with van der Waals surface area (Å²) < 4.78 is 0. The molecule has 0 N–H and O–H groups in total. The van der Waals surface area contributed by atoms with E-state index in [2.05, 4.69) is 15.0 Å². The van der Waals surface area contributed by atoms with Gasteiger partial charge in [0, 0.05) is 44.3 Å². The van der Waals surface area contributed by atoms with Crippen molar-refractivity contribution in [3.8, 4) is 0 Å². The first-order chi connectivity index (χ1) is 13.2. The number of fused-ring (bicyclic) bond motifs is 4. The molecule has 0 unspecified atom stereocenters. The highest BCUT2D eigenvalue weighted by Gasteiger charge is 2.39. The molecule has 2 aromatic heterocycles. The molecular formula is C19H21N5O2S. The second-order valence-corrected chi connectivity index (χ2v) is 7.71. The molecule has 5 heterocycles. The van der Waals surface area contributed by atoms with E-state index in [0.29, 0.717) is 36.0 Å². The van der Waals surface area contributed by atoms with Crippen molar-refractivity contribution in [1.82, 2.24) is 24.8 Å². The third-order valence-corrected chi connectivity index (χ3v) is 5.78. The first kappa shape index (κ1) is 17.9. The highest BCUT2D eigenvalue weighted by Crippen LogP contribution is 2.29. The van der Waals surface area contributed by atoms with E-state index in [9.17, 15) is 9.59 Å². The Morgan fingerprint density at radius 2 is 1.85 bits per heavy atom. The van der Waals surface area contributed by atoms with Gasteiger partial charge in [0.05, 0.1) is 5.56 Å². The lowest BCUT2D eigenvalue weighted by Gasteiger charge is -2.36.